The maximum atomic E-state index is 13.0. The summed E-state index contributed by atoms with van der Waals surface area (Å²) in [7, 11) is 2.80. The molecule has 11 heteroatoms. The van der Waals surface area contributed by atoms with E-state index in [0.717, 1.165) is 6.07 Å². The zero-order valence-electron chi connectivity index (χ0n) is 15.8. The lowest BCUT2D eigenvalue weighted by molar-refractivity contribution is -0.153. The van der Waals surface area contributed by atoms with E-state index in [-0.39, 0.29) is 6.42 Å². The van der Waals surface area contributed by atoms with Crippen LogP contribution in [-0.4, -0.2) is 32.9 Å². The highest BCUT2D eigenvalue weighted by atomic mass is 19.4. The van der Waals surface area contributed by atoms with Gasteiger partial charge in [-0.05, 0) is 35.9 Å². The van der Waals surface area contributed by atoms with Crippen molar-refractivity contribution in [2.45, 2.75) is 18.8 Å². The zero-order chi connectivity index (χ0) is 22.5. The Morgan fingerprint density at radius 3 is 2.10 bits per heavy atom. The monoisotopic (exact) mass is 437 g/mol. The minimum Gasteiger partial charge on any atom is -0.493 e. The van der Waals surface area contributed by atoms with Crippen LogP contribution in [-0.2, 0) is 17.4 Å². The number of methoxy groups -OCH3 is 2. The van der Waals surface area contributed by atoms with E-state index in [0.29, 0.717) is 29.2 Å². The van der Waals surface area contributed by atoms with Gasteiger partial charge in [-0.25, -0.2) is 0 Å². The molecule has 0 bridgehead atoms. The van der Waals surface area contributed by atoms with E-state index in [4.69, 9.17) is 9.47 Å². The summed E-state index contributed by atoms with van der Waals surface area (Å²) >= 11 is 0. The Balaban J connectivity index is 2.24. The molecule has 0 aliphatic carbocycles. The highest BCUT2D eigenvalue weighted by Crippen LogP contribution is 2.36. The van der Waals surface area contributed by atoms with Crippen LogP contribution in [0.25, 0.3) is 0 Å². The number of amides is 1. The van der Waals surface area contributed by atoms with Crippen molar-refractivity contribution < 1.29 is 45.3 Å². The van der Waals surface area contributed by atoms with Crippen molar-refractivity contribution in [3.05, 3.63) is 47.5 Å². The van der Waals surface area contributed by atoms with Crippen LogP contribution in [0.3, 0.4) is 0 Å². The molecular formula is C19H17F6NO4. The molecule has 0 unspecified atom stereocenters. The summed E-state index contributed by atoms with van der Waals surface area (Å²) in [6, 6.07) is 6.36. The summed E-state index contributed by atoms with van der Waals surface area (Å²) in [5.74, 6) is -0.571. The Morgan fingerprint density at radius 2 is 1.53 bits per heavy atom. The molecule has 0 aromatic heterocycles. The second kappa shape index (κ2) is 9.14. The van der Waals surface area contributed by atoms with Gasteiger partial charge in [0, 0.05) is 0 Å². The molecule has 2 aromatic carbocycles. The minimum absolute atomic E-state index is 0.282. The van der Waals surface area contributed by atoms with Gasteiger partial charge < -0.3 is 19.5 Å². The number of carbonyl (C=O) groups excluding carboxylic acids is 1. The van der Waals surface area contributed by atoms with Gasteiger partial charge in [0.15, 0.2) is 18.1 Å². The summed E-state index contributed by atoms with van der Waals surface area (Å²) in [6.07, 6.45) is -9.75. The molecule has 2 rings (SSSR count). The molecule has 1 amide bonds. The number of hydrogen-bond donors (Lipinski definition) is 1. The first-order valence-electron chi connectivity index (χ1n) is 8.34. The van der Waals surface area contributed by atoms with E-state index in [9.17, 15) is 31.1 Å². The van der Waals surface area contributed by atoms with E-state index >= 15 is 0 Å². The maximum Gasteiger partial charge on any atom is 0.422 e. The normalized spacial score (nSPS) is 11.7. The number of carbonyl (C=O) groups is 1. The number of nitrogens with one attached hydrogen (secondary N) is 1. The van der Waals surface area contributed by atoms with Crippen molar-refractivity contribution in [1.82, 2.24) is 0 Å². The third-order valence-electron chi connectivity index (χ3n) is 3.78. The summed E-state index contributed by atoms with van der Waals surface area (Å²) in [6.45, 7) is -1.73. The fourth-order valence-electron chi connectivity index (χ4n) is 2.46. The van der Waals surface area contributed by atoms with Crippen LogP contribution in [0.4, 0.5) is 32.0 Å². The molecule has 0 saturated carbocycles. The van der Waals surface area contributed by atoms with Crippen LogP contribution >= 0.6 is 0 Å². The van der Waals surface area contributed by atoms with Gasteiger partial charge >= 0.3 is 12.4 Å². The van der Waals surface area contributed by atoms with Gasteiger partial charge in [-0.2, -0.15) is 26.3 Å². The largest absolute Gasteiger partial charge is 0.493 e. The molecule has 1 N–H and O–H groups in total. The van der Waals surface area contributed by atoms with Gasteiger partial charge in [0.25, 0.3) is 0 Å². The second-order valence-corrected chi connectivity index (χ2v) is 6.03. The van der Waals surface area contributed by atoms with Crippen molar-refractivity contribution in [2.24, 2.45) is 0 Å². The number of halogens is 6. The van der Waals surface area contributed by atoms with E-state index in [1.807, 2.05) is 0 Å². The molecule has 0 radical (unpaired) electrons. The zero-order valence-corrected chi connectivity index (χ0v) is 15.8. The van der Waals surface area contributed by atoms with Crippen molar-refractivity contribution >= 4 is 11.6 Å². The number of ether oxygens (including phenoxy) is 3. The van der Waals surface area contributed by atoms with Crippen LogP contribution in [0.15, 0.2) is 36.4 Å². The molecule has 0 heterocycles. The van der Waals surface area contributed by atoms with Gasteiger partial charge in [0.1, 0.15) is 5.75 Å². The second-order valence-electron chi connectivity index (χ2n) is 6.03. The van der Waals surface area contributed by atoms with Gasteiger partial charge in [0.2, 0.25) is 5.91 Å². The van der Waals surface area contributed by atoms with Gasteiger partial charge in [-0.3, -0.25) is 4.79 Å². The molecule has 30 heavy (non-hydrogen) atoms. The fraction of sp³-hybridized carbons (Fsp3) is 0.316. The molecular weight excluding hydrogens is 420 g/mol. The van der Waals surface area contributed by atoms with Crippen LogP contribution in [0.2, 0.25) is 0 Å². The van der Waals surface area contributed by atoms with Crippen LogP contribution < -0.4 is 19.5 Å². The van der Waals surface area contributed by atoms with E-state index < -0.39 is 41.9 Å². The van der Waals surface area contributed by atoms with Gasteiger partial charge in [-0.15, -0.1) is 0 Å². The fourth-order valence-corrected chi connectivity index (χ4v) is 2.46. The van der Waals surface area contributed by atoms with Crippen molar-refractivity contribution in [3.63, 3.8) is 0 Å². The van der Waals surface area contributed by atoms with Gasteiger partial charge in [0.05, 0.1) is 31.9 Å². The lowest BCUT2D eigenvalue weighted by atomic mass is 10.1. The summed E-state index contributed by atoms with van der Waals surface area (Å²) in [4.78, 5) is 12.3. The van der Waals surface area contributed by atoms with E-state index in [2.05, 4.69) is 10.1 Å². The van der Waals surface area contributed by atoms with Crippen molar-refractivity contribution in [2.75, 3.05) is 26.1 Å². The predicted octanol–water partition coefficient (Wildman–Crippen LogP) is 4.84. The smallest absolute Gasteiger partial charge is 0.422 e. The molecule has 0 spiro atoms. The van der Waals surface area contributed by atoms with Crippen LogP contribution in [0.5, 0.6) is 17.2 Å². The topological polar surface area (TPSA) is 56.8 Å². The average Bonchev–Trinajstić information content (AvgIpc) is 2.65. The van der Waals surface area contributed by atoms with Crippen molar-refractivity contribution in [3.8, 4) is 17.2 Å². The SMILES string of the molecule is COc1ccc(CC(=O)Nc2cc(C(F)(F)F)ccc2OCC(F)(F)F)cc1OC. The maximum absolute atomic E-state index is 13.0. The molecule has 0 fully saturated rings. The summed E-state index contributed by atoms with van der Waals surface area (Å²) in [5, 5.41) is 2.17. The number of alkyl halides is 6. The number of hydrogen-bond acceptors (Lipinski definition) is 4. The standard InChI is InChI=1S/C19H17F6NO4/c1-28-15-5-3-11(7-16(15)29-2)8-17(27)26-13-9-12(19(23,24)25)4-6-14(13)30-10-18(20,21)22/h3-7,9H,8,10H2,1-2H3,(H,26,27). The molecule has 2 aromatic rings. The molecule has 5 nitrogen and oxygen atoms in total. The Bertz CT molecular complexity index is 896. The van der Waals surface area contributed by atoms with E-state index in [1.54, 1.807) is 0 Å². The Labute approximate surface area is 167 Å². The van der Waals surface area contributed by atoms with Crippen LogP contribution in [0, 0.1) is 0 Å². The predicted molar refractivity (Wildman–Crippen MR) is 94.9 cm³/mol. The van der Waals surface area contributed by atoms with E-state index in [1.165, 1.54) is 32.4 Å². The summed E-state index contributed by atoms with van der Waals surface area (Å²) < 4.78 is 90.8. The number of rotatable bonds is 7. The molecule has 164 valence electrons. The molecule has 0 aliphatic heterocycles. The third kappa shape index (κ3) is 6.46. The first-order chi connectivity index (χ1) is 13.9. The summed E-state index contributed by atoms with van der Waals surface area (Å²) in [5.41, 5.74) is -1.24. The highest BCUT2D eigenvalue weighted by molar-refractivity contribution is 5.94. The third-order valence-corrected chi connectivity index (χ3v) is 3.78. The van der Waals surface area contributed by atoms with Crippen LogP contribution in [0.1, 0.15) is 11.1 Å². The van der Waals surface area contributed by atoms with Gasteiger partial charge in [-0.1, -0.05) is 6.07 Å². The Morgan fingerprint density at radius 1 is 0.900 bits per heavy atom. The lowest BCUT2D eigenvalue weighted by Gasteiger charge is -2.16. The minimum atomic E-state index is -4.76. The Kier molecular flexibility index (Phi) is 7.06. The quantitative estimate of drug-likeness (QED) is 0.630. The molecule has 0 aliphatic rings. The lowest BCUT2D eigenvalue weighted by Crippen LogP contribution is -2.21. The first-order valence-corrected chi connectivity index (χ1v) is 8.34. The number of benzene rings is 2. The highest BCUT2D eigenvalue weighted by Gasteiger charge is 2.33. The van der Waals surface area contributed by atoms with Crippen molar-refractivity contribution in [1.29, 1.82) is 0 Å². The molecule has 0 saturated heterocycles. The Hall–Kier alpha value is -3.11. The number of anilines is 1. The average molecular weight is 437 g/mol. The first kappa shape index (κ1) is 23.2. The molecule has 0 atom stereocenters.